The Kier molecular flexibility index (Phi) is 8.43. The maximum atomic E-state index is 15.1. The summed E-state index contributed by atoms with van der Waals surface area (Å²) in [4.78, 5) is 0. The molecule has 0 heterocycles. The zero-order chi connectivity index (χ0) is 25.5. The average molecular weight is 485 g/mol. The van der Waals surface area contributed by atoms with Crippen LogP contribution in [0.3, 0.4) is 0 Å². The van der Waals surface area contributed by atoms with Crippen molar-refractivity contribution in [2.24, 2.45) is 0 Å². The molecule has 0 nitrogen and oxygen atoms in total. The Hall–Kier alpha value is -3.59. The predicted molar refractivity (Wildman–Crippen MR) is 144 cm³/mol. The van der Waals surface area contributed by atoms with Gasteiger partial charge in [0.15, 0.2) is 0 Å². The molecule has 0 aromatic heterocycles. The highest BCUT2D eigenvalue weighted by Gasteiger charge is 2.14. The molecule has 0 aliphatic heterocycles. The molecule has 4 aromatic rings. The Morgan fingerprint density at radius 2 is 1.14 bits per heavy atom. The first-order chi connectivity index (χ1) is 17.5. The maximum Gasteiger partial charge on any atom is 0.131 e. The number of benzene rings is 4. The minimum atomic E-state index is -0.590. The van der Waals surface area contributed by atoms with E-state index >= 15 is 8.78 Å². The van der Waals surface area contributed by atoms with Crippen molar-refractivity contribution in [1.29, 1.82) is 0 Å². The lowest BCUT2D eigenvalue weighted by molar-refractivity contribution is 0.614. The summed E-state index contributed by atoms with van der Waals surface area (Å²) < 4.78 is 44.8. The molecule has 0 saturated carbocycles. The number of allylic oxidation sites excluding steroid dienone is 1. The van der Waals surface area contributed by atoms with Gasteiger partial charge in [-0.2, -0.15) is 0 Å². The van der Waals surface area contributed by atoms with E-state index in [-0.39, 0.29) is 11.1 Å². The second-order valence-electron chi connectivity index (χ2n) is 9.18. The second-order valence-corrected chi connectivity index (χ2v) is 9.18. The van der Waals surface area contributed by atoms with Crippen LogP contribution in [0.1, 0.15) is 43.7 Å². The van der Waals surface area contributed by atoms with Crippen molar-refractivity contribution < 1.29 is 13.2 Å². The van der Waals surface area contributed by atoms with Crippen LogP contribution in [0.4, 0.5) is 13.2 Å². The number of aryl methyl sites for hydroxylation is 2. The van der Waals surface area contributed by atoms with Crippen molar-refractivity contribution in [2.75, 3.05) is 0 Å². The van der Waals surface area contributed by atoms with Crippen molar-refractivity contribution in [3.8, 4) is 33.4 Å². The Balaban J connectivity index is 1.54. The smallest absolute Gasteiger partial charge is 0.131 e. The van der Waals surface area contributed by atoms with E-state index in [9.17, 15) is 4.39 Å². The molecule has 4 aromatic carbocycles. The van der Waals surface area contributed by atoms with E-state index in [0.29, 0.717) is 17.5 Å². The van der Waals surface area contributed by atoms with E-state index in [2.05, 4.69) is 25.6 Å². The van der Waals surface area contributed by atoms with Gasteiger partial charge in [0.1, 0.15) is 17.5 Å². The minimum absolute atomic E-state index is 0.155. The minimum Gasteiger partial charge on any atom is -0.206 e. The number of hydrogen-bond acceptors (Lipinski definition) is 0. The normalized spacial score (nSPS) is 11.0. The molecule has 0 spiro atoms. The van der Waals surface area contributed by atoms with Crippen LogP contribution in [0.2, 0.25) is 0 Å². The summed E-state index contributed by atoms with van der Waals surface area (Å²) in [5.41, 5.74) is 4.89. The van der Waals surface area contributed by atoms with Gasteiger partial charge in [0.25, 0.3) is 0 Å². The van der Waals surface area contributed by atoms with Crippen molar-refractivity contribution in [3.63, 3.8) is 0 Å². The summed E-state index contributed by atoms with van der Waals surface area (Å²) in [7, 11) is 0. The fourth-order valence-corrected chi connectivity index (χ4v) is 4.47. The van der Waals surface area contributed by atoms with E-state index in [0.717, 1.165) is 29.5 Å². The van der Waals surface area contributed by atoms with Gasteiger partial charge < -0.3 is 0 Å². The molecule has 0 radical (unpaired) electrons. The molecule has 0 N–H and O–H groups in total. The zero-order valence-electron chi connectivity index (χ0n) is 20.7. The number of hydrogen-bond donors (Lipinski definition) is 0. The molecular weight excluding hydrogens is 453 g/mol. The SMILES string of the molecule is C=CCCc1ccc(-c2ccc(-c3ccc(-c4ccc(CCCCC)cc4)cc3F)cc2F)c(F)c1. The molecule has 0 saturated heterocycles. The van der Waals surface area contributed by atoms with Crippen LogP contribution in [0.25, 0.3) is 33.4 Å². The van der Waals surface area contributed by atoms with E-state index in [1.54, 1.807) is 30.3 Å². The molecule has 0 amide bonds. The first kappa shape index (κ1) is 25.5. The summed E-state index contributed by atoms with van der Waals surface area (Å²) in [6, 6.07) is 22.4. The fraction of sp³-hybridized carbons (Fsp3) is 0.212. The molecule has 0 unspecified atom stereocenters. The predicted octanol–water partition coefficient (Wildman–Crippen LogP) is 9.96. The molecule has 0 aliphatic carbocycles. The van der Waals surface area contributed by atoms with Gasteiger partial charge in [0.2, 0.25) is 0 Å². The number of rotatable bonds is 10. The van der Waals surface area contributed by atoms with Crippen LogP contribution < -0.4 is 0 Å². The summed E-state index contributed by atoms with van der Waals surface area (Å²) in [5, 5.41) is 0. The highest BCUT2D eigenvalue weighted by molar-refractivity contribution is 5.74. The molecule has 0 fully saturated rings. The van der Waals surface area contributed by atoms with Gasteiger partial charge in [-0.1, -0.05) is 86.5 Å². The highest BCUT2D eigenvalue weighted by Crippen LogP contribution is 2.33. The van der Waals surface area contributed by atoms with E-state index in [1.165, 1.54) is 49.1 Å². The first-order valence-electron chi connectivity index (χ1n) is 12.6. The largest absolute Gasteiger partial charge is 0.206 e. The third-order valence-electron chi connectivity index (χ3n) is 6.57. The Morgan fingerprint density at radius 1 is 0.583 bits per heavy atom. The molecule has 3 heteroatoms. The highest BCUT2D eigenvalue weighted by atomic mass is 19.1. The standard InChI is InChI=1S/C33H31F3/c1-3-5-7-9-23-10-13-25(14-11-23)26-15-18-28(32(35)21-26)27-16-19-30(33(36)22-27)29-17-12-24(8-6-4-2)20-31(29)34/h4,10-22H,2-3,5-9H2,1H3. The fourth-order valence-electron chi connectivity index (χ4n) is 4.47. The van der Waals surface area contributed by atoms with Crippen LogP contribution in [0.5, 0.6) is 0 Å². The van der Waals surface area contributed by atoms with Crippen LogP contribution in [-0.4, -0.2) is 0 Å². The average Bonchev–Trinajstić information content (AvgIpc) is 2.88. The van der Waals surface area contributed by atoms with Gasteiger partial charge in [0, 0.05) is 16.7 Å². The molecule has 36 heavy (non-hydrogen) atoms. The molecule has 4 rings (SSSR count). The third-order valence-corrected chi connectivity index (χ3v) is 6.57. The van der Waals surface area contributed by atoms with Crippen LogP contribution >= 0.6 is 0 Å². The first-order valence-corrected chi connectivity index (χ1v) is 12.6. The van der Waals surface area contributed by atoms with E-state index in [4.69, 9.17) is 0 Å². The van der Waals surface area contributed by atoms with Gasteiger partial charge in [-0.25, -0.2) is 13.2 Å². The van der Waals surface area contributed by atoms with Crippen LogP contribution in [-0.2, 0) is 12.8 Å². The lowest BCUT2D eigenvalue weighted by atomic mass is 9.95. The molecule has 0 aliphatic rings. The number of unbranched alkanes of at least 4 members (excludes halogenated alkanes) is 2. The molecular formula is C33H31F3. The van der Waals surface area contributed by atoms with Crippen molar-refractivity contribution in [2.45, 2.75) is 45.4 Å². The van der Waals surface area contributed by atoms with Gasteiger partial charge in [-0.05, 0) is 71.7 Å². The van der Waals surface area contributed by atoms with Crippen molar-refractivity contribution in [3.05, 3.63) is 120 Å². The molecule has 0 bridgehead atoms. The Morgan fingerprint density at radius 3 is 1.78 bits per heavy atom. The quantitative estimate of drug-likeness (QED) is 0.155. The Labute approximate surface area is 212 Å². The summed E-state index contributed by atoms with van der Waals surface area (Å²) in [5.74, 6) is -1.49. The van der Waals surface area contributed by atoms with Crippen LogP contribution in [0, 0.1) is 17.5 Å². The van der Waals surface area contributed by atoms with Gasteiger partial charge in [0.05, 0.1) is 0 Å². The zero-order valence-corrected chi connectivity index (χ0v) is 20.7. The summed E-state index contributed by atoms with van der Waals surface area (Å²) >= 11 is 0. The van der Waals surface area contributed by atoms with Gasteiger partial charge in [-0.3, -0.25) is 0 Å². The molecule has 184 valence electrons. The molecule has 0 atom stereocenters. The monoisotopic (exact) mass is 484 g/mol. The van der Waals surface area contributed by atoms with E-state index < -0.39 is 17.5 Å². The van der Waals surface area contributed by atoms with Crippen LogP contribution in [0.15, 0.2) is 91.5 Å². The van der Waals surface area contributed by atoms with Gasteiger partial charge >= 0.3 is 0 Å². The third kappa shape index (κ3) is 5.96. The van der Waals surface area contributed by atoms with Gasteiger partial charge in [-0.15, -0.1) is 6.58 Å². The van der Waals surface area contributed by atoms with E-state index in [1.807, 2.05) is 18.2 Å². The van der Waals surface area contributed by atoms with Crippen molar-refractivity contribution in [1.82, 2.24) is 0 Å². The Bertz CT molecular complexity index is 1340. The summed E-state index contributed by atoms with van der Waals surface area (Å²) in [6.45, 7) is 5.87. The maximum absolute atomic E-state index is 15.1. The van der Waals surface area contributed by atoms with Crippen molar-refractivity contribution >= 4 is 0 Å². The lowest BCUT2D eigenvalue weighted by Gasteiger charge is -2.11. The topological polar surface area (TPSA) is 0 Å². The second kappa shape index (κ2) is 11.9. The summed E-state index contributed by atoms with van der Waals surface area (Å²) in [6.07, 6.45) is 7.83. The lowest BCUT2D eigenvalue weighted by Crippen LogP contribution is -1.93. The number of halogens is 3.